The van der Waals surface area contributed by atoms with Crippen LogP contribution < -0.4 is 14.9 Å². The van der Waals surface area contributed by atoms with E-state index in [-0.39, 0.29) is 18.2 Å². The van der Waals surface area contributed by atoms with Gasteiger partial charge in [-0.05, 0) is 89.2 Å². The molecule has 0 unspecified atom stereocenters. The van der Waals surface area contributed by atoms with Crippen molar-refractivity contribution in [2.45, 2.75) is 13.5 Å². The highest BCUT2D eigenvalue weighted by Crippen LogP contribution is 2.30. The van der Waals surface area contributed by atoms with Gasteiger partial charge in [0.25, 0.3) is 0 Å². The number of ether oxygens (including phenoxy) is 2. The molecule has 0 radical (unpaired) electrons. The molecule has 9 heteroatoms. The van der Waals surface area contributed by atoms with Gasteiger partial charge in [-0.25, -0.2) is 9.82 Å². The number of amides is 1. The molecule has 1 N–H and O–H groups in total. The van der Waals surface area contributed by atoms with E-state index in [0.717, 1.165) is 13.4 Å². The smallest absolute Gasteiger partial charge is 0.307 e. The Morgan fingerprint density at radius 3 is 2.79 bits per heavy atom. The molecule has 0 bridgehead atoms. The van der Waals surface area contributed by atoms with Crippen LogP contribution >= 0.6 is 38.5 Å². The van der Waals surface area contributed by atoms with Crippen LogP contribution in [0.4, 0.5) is 4.39 Å². The summed E-state index contributed by atoms with van der Waals surface area (Å²) in [6.45, 7) is 2.51. The van der Waals surface area contributed by atoms with Gasteiger partial charge >= 0.3 is 5.91 Å². The molecule has 0 aliphatic carbocycles. The Hall–Kier alpha value is -2.92. The summed E-state index contributed by atoms with van der Waals surface area (Å²) in [6.07, 6.45) is 1.50. The minimum absolute atomic E-state index is 0.166. The van der Waals surface area contributed by atoms with Crippen molar-refractivity contribution >= 4 is 61.6 Å². The Labute approximate surface area is 217 Å². The number of fused-ring (bicyclic) bond motifs is 1. The Morgan fingerprint density at radius 2 is 2.00 bits per heavy atom. The molecule has 1 heterocycles. The first-order valence-electron chi connectivity index (χ1n) is 10.3. The molecule has 0 aliphatic heterocycles. The van der Waals surface area contributed by atoms with Crippen LogP contribution in [0.3, 0.4) is 0 Å². The molecule has 6 nitrogen and oxygen atoms in total. The number of carbonyl (C=O) groups excluding carboxylic acids is 1. The van der Waals surface area contributed by atoms with Crippen molar-refractivity contribution in [1.29, 1.82) is 0 Å². The molecule has 1 aromatic heterocycles. The number of nitrogens with one attached hydrogen (secondary N) is 1. The first kappa shape index (κ1) is 24.2. The summed E-state index contributed by atoms with van der Waals surface area (Å²) in [7, 11) is 0. The second kappa shape index (κ2) is 11.0. The lowest BCUT2D eigenvalue weighted by Crippen LogP contribution is -2.16. The van der Waals surface area contributed by atoms with E-state index in [1.807, 2.05) is 19.1 Å². The highest BCUT2D eigenvalue weighted by Gasteiger charge is 2.14. The maximum atomic E-state index is 13.4. The predicted octanol–water partition coefficient (Wildman–Crippen LogP) is 6.68. The van der Waals surface area contributed by atoms with Crippen LogP contribution in [0.1, 0.15) is 28.6 Å². The largest absolute Gasteiger partial charge is 0.490 e. The minimum Gasteiger partial charge on any atom is -0.490 e. The number of halogens is 3. The van der Waals surface area contributed by atoms with Crippen LogP contribution in [0, 0.1) is 9.39 Å². The first-order chi connectivity index (χ1) is 16.4. The summed E-state index contributed by atoms with van der Waals surface area (Å²) in [6, 6.07) is 17.0. The zero-order chi connectivity index (χ0) is 24.1. The Bertz CT molecular complexity index is 1370. The van der Waals surface area contributed by atoms with Gasteiger partial charge in [-0.1, -0.05) is 28.1 Å². The number of hydrogen-bond acceptors (Lipinski definition) is 5. The topological polar surface area (TPSA) is 73.1 Å². The average molecular weight is 637 g/mol. The highest BCUT2D eigenvalue weighted by molar-refractivity contribution is 14.1. The third kappa shape index (κ3) is 5.95. The number of hydrazone groups is 1. The molecular formula is C25H19BrFIN2O4. The lowest BCUT2D eigenvalue weighted by Gasteiger charge is -2.12. The first-order valence-corrected chi connectivity index (χ1v) is 12.2. The minimum atomic E-state index is -0.459. The third-order valence-electron chi connectivity index (χ3n) is 4.69. The fourth-order valence-corrected chi connectivity index (χ4v) is 4.85. The summed E-state index contributed by atoms with van der Waals surface area (Å²) < 4.78 is 32.4. The monoisotopic (exact) mass is 636 g/mol. The second-order valence-electron chi connectivity index (χ2n) is 7.17. The fraction of sp³-hybridized carbons (Fsp3) is 0.120. The van der Waals surface area contributed by atoms with Crippen LogP contribution in [-0.4, -0.2) is 18.7 Å². The highest BCUT2D eigenvalue weighted by atomic mass is 127. The van der Waals surface area contributed by atoms with E-state index >= 15 is 0 Å². The van der Waals surface area contributed by atoms with E-state index in [0.29, 0.717) is 34.8 Å². The summed E-state index contributed by atoms with van der Waals surface area (Å²) in [4.78, 5) is 12.5. The quantitative estimate of drug-likeness (QED) is 0.133. The van der Waals surface area contributed by atoms with Crippen molar-refractivity contribution in [1.82, 2.24) is 5.43 Å². The van der Waals surface area contributed by atoms with E-state index in [9.17, 15) is 9.18 Å². The van der Waals surface area contributed by atoms with Gasteiger partial charge in [0, 0.05) is 9.86 Å². The van der Waals surface area contributed by atoms with Crippen molar-refractivity contribution in [2.75, 3.05) is 6.61 Å². The standard InChI is InChI=1S/C25H19BrFIN2O4/c1-2-32-22-9-15(6-7-21(22)33-14-16-4-3-5-19(27)8-16)13-29-30-25(31)23-11-17-10-18(26)12-20(28)24(17)34-23/h3-13H,2,14H2,1H3,(H,30,31)/b29-13-. The van der Waals surface area contributed by atoms with Crippen molar-refractivity contribution in [3.05, 3.63) is 91.4 Å². The molecule has 0 saturated carbocycles. The summed E-state index contributed by atoms with van der Waals surface area (Å²) in [5.41, 5.74) is 4.53. The zero-order valence-corrected chi connectivity index (χ0v) is 21.7. The van der Waals surface area contributed by atoms with E-state index in [4.69, 9.17) is 13.9 Å². The van der Waals surface area contributed by atoms with Gasteiger partial charge in [0.05, 0.1) is 16.4 Å². The molecule has 0 saturated heterocycles. The van der Waals surface area contributed by atoms with Crippen molar-refractivity contribution in [2.24, 2.45) is 5.10 Å². The maximum Gasteiger partial charge on any atom is 0.307 e. The van der Waals surface area contributed by atoms with Gasteiger partial charge in [0.15, 0.2) is 17.3 Å². The van der Waals surface area contributed by atoms with Gasteiger partial charge < -0.3 is 13.9 Å². The lowest BCUT2D eigenvalue weighted by molar-refractivity contribution is 0.0929. The molecule has 1 amide bonds. The number of hydrogen-bond donors (Lipinski definition) is 1. The molecule has 0 fully saturated rings. The molecule has 3 aromatic carbocycles. The molecule has 0 atom stereocenters. The number of furan rings is 1. The molecule has 174 valence electrons. The fourth-order valence-electron chi connectivity index (χ4n) is 3.19. The Kier molecular flexibility index (Phi) is 7.84. The number of carbonyl (C=O) groups is 1. The molecule has 34 heavy (non-hydrogen) atoms. The van der Waals surface area contributed by atoms with Crippen LogP contribution in [0.5, 0.6) is 11.5 Å². The normalized spacial score (nSPS) is 11.2. The predicted molar refractivity (Wildman–Crippen MR) is 140 cm³/mol. The summed E-state index contributed by atoms with van der Waals surface area (Å²) >= 11 is 5.59. The van der Waals surface area contributed by atoms with Crippen LogP contribution in [0.15, 0.2) is 74.7 Å². The van der Waals surface area contributed by atoms with Gasteiger partial charge in [0.1, 0.15) is 18.0 Å². The Morgan fingerprint density at radius 1 is 1.15 bits per heavy atom. The molecule has 4 aromatic rings. The molecule has 0 spiro atoms. The molecule has 4 rings (SSSR count). The number of rotatable bonds is 8. The van der Waals surface area contributed by atoms with Crippen molar-refractivity contribution < 1.29 is 23.1 Å². The van der Waals surface area contributed by atoms with E-state index in [1.165, 1.54) is 18.3 Å². The SMILES string of the molecule is CCOc1cc(/C=N\NC(=O)c2cc3cc(Br)cc(I)c3o2)ccc1OCc1cccc(F)c1. The van der Waals surface area contributed by atoms with Crippen LogP contribution in [-0.2, 0) is 6.61 Å². The number of nitrogens with zero attached hydrogens (tertiary/aromatic N) is 1. The van der Waals surface area contributed by atoms with Gasteiger partial charge in [-0.3, -0.25) is 4.79 Å². The molecular weight excluding hydrogens is 618 g/mol. The van der Waals surface area contributed by atoms with E-state index in [2.05, 4.69) is 49.0 Å². The number of benzene rings is 3. The summed E-state index contributed by atoms with van der Waals surface area (Å²) in [5.74, 6) is 0.436. The average Bonchev–Trinajstić information content (AvgIpc) is 3.23. The third-order valence-corrected chi connectivity index (χ3v) is 5.95. The lowest BCUT2D eigenvalue weighted by atomic mass is 10.2. The summed E-state index contributed by atoms with van der Waals surface area (Å²) in [5, 5.41) is 4.85. The zero-order valence-electron chi connectivity index (χ0n) is 18.0. The second-order valence-corrected chi connectivity index (χ2v) is 9.25. The van der Waals surface area contributed by atoms with E-state index < -0.39 is 5.91 Å². The van der Waals surface area contributed by atoms with Crippen LogP contribution in [0.25, 0.3) is 11.0 Å². The van der Waals surface area contributed by atoms with Crippen LogP contribution in [0.2, 0.25) is 0 Å². The molecule has 0 aliphatic rings. The van der Waals surface area contributed by atoms with Gasteiger partial charge in [-0.15, -0.1) is 0 Å². The maximum absolute atomic E-state index is 13.4. The van der Waals surface area contributed by atoms with E-state index in [1.54, 1.807) is 36.4 Å². The van der Waals surface area contributed by atoms with Crippen molar-refractivity contribution in [3.63, 3.8) is 0 Å². The Balaban J connectivity index is 1.43. The van der Waals surface area contributed by atoms with Crippen molar-refractivity contribution in [3.8, 4) is 11.5 Å². The van der Waals surface area contributed by atoms with Gasteiger partial charge in [-0.2, -0.15) is 5.10 Å². The van der Waals surface area contributed by atoms with Gasteiger partial charge in [0.2, 0.25) is 0 Å².